The van der Waals surface area contributed by atoms with Crippen molar-refractivity contribution in [2.24, 2.45) is 0 Å². The molecule has 0 unspecified atom stereocenters. The SMILES string of the molecule is Cc1nc2cnccc2n1CCCO. The van der Waals surface area contributed by atoms with Crippen LogP contribution in [0.15, 0.2) is 18.5 Å². The van der Waals surface area contributed by atoms with Crippen molar-refractivity contribution in [3.63, 3.8) is 0 Å². The van der Waals surface area contributed by atoms with Crippen LogP contribution in [0.1, 0.15) is 12.2 Å². The average molecular weight is 191 g/mol. The van der Waals surface area contributed by atoms with Crippen LogP contribution in [0.4, 0.5) is 0 Å². The Labute approximate surface area is 82.2 Å². The highest BCUT2D eigenvalue weighted by Crippen LogP contribution is 2.14. The van der Waals surface area contributed by atoms with Gasteiger partial charge in [-0.25, -0.2) is 4.98 Å². The lowest BCUT2D eigenvalue weighted by molar-refractivity contribution is 0.280. The van der Waals surface area contributed by atoms with Gasteiger partial charge in [0.2, 0.25) is 0 Å². The van der Waals surface area contributed by atoms with Gasteiger partial charge in [0.05, 0.1) is 11.7 Å². The molecule has 4 heteroatoms. The van der Waals surface area contributed by atoms with Crippen LogP contribution in [0.25, 0.3) is 11.0 Å². The van der Waals surface area contributed by atoms with Gasteiger partial charge in [-0.15, -0.1) is 0 Å². The second-order valence-electron chi connectivity index (χ2n) is 3.25. The Morgan fingerprint density at radius 2 is 2.36 bits per heavy atom. The molecular formula is C10H13N3O. The molecule has 0 radical (unpaired) electrons. The minimum atomic E-state index is 0.212. The van der Waals surface area contributed by atoms with Crippen molar-refractivity contribution in [3.05, 3.63) is 24.3 Å². The summed E-state index contributed by atoms with van der Waals surface area (Å²) in [7, 11) is 0. The molecule has 0 aliphatic heterocycles. The zero-order valence-corrected chi connectivity index (χ0v) is 8.14. The third kappa shape index (κ3) is 1.48. The standard InChI is InChI=1S/C10H13N3O/c1-8-12-9-7-11-4-3-10(9)13(8)5-2-6-14/h3-4,7,14H,2,5-6H2,1H3. The second kappa shape index (κ2) is 3.75. The molecule has 4 nitrogen and oxygen atoms in total. The van der Waals surface area contributed by atoms with E-state index >= 15 is 0 Å². The number of aliphatic hydroxyl groups is 1. The number of aryl methyl sites for hydroxylation is 2. The van der Waals surface area contributed by atoms with Gasteiger partial charge >= 0.3 is 0 Å². The number of fused-ring (bicyclic) bond motifs is 1. The first-order chi connectivity index (χ1) is 6.83. The van der Waals surface area contributed by atoms with E-state index in [9.17, 15) is 0 Å². The molecule has 0 fully saturated rings. The molecule has 0 amide bonds. The molecule has 2 rings (SSSR count). The number of pyridine rings is 1. The van der Waals surface area contributed by atoms with E-state index in [4.69, 9.17) is 5.11 Å². The Bertz CT molecular complexity index is 436. The number of aliphatic hydroxyl groups excluding tert-OH is 1. The maximum atomic E-state index is 8.78. The molecule has 0 atom stereocenters. The molecule has 1 N–H and O–H groups in total. The van der Waals surface area contributed by atoms with E-state index in [2.05, 4.69) is 14.5 Å². The van der Waals surface area contributed by atoms with Crippen molar-refractivity contribution in [3.8, 4) is 0 Å². The maximum Gasteiger partial charge on any atom is 0.107 e. The lowest BCUT2D eigenvalue weighted by Crippen LogP contribution is -2.02. The van der Waals surface area contributed by atoms with Crippen molar-refractivity contribution in [1.29, 1.82) is 0 Å². The number of rotatable bonds is 3. The second-order valence-corrected chi connectivity index (χ2v) is 3.25. The van der Waals surface area contributed by atoms with Crippen LogP contribution in [0.2, 0.25) is 0 Å². The Balaban J connectivity index is 2.45. The fraction of sp³-hybridized carbons (Fsp3) is 0.400. The fourth-order valence-electron chi connectivity index (χ4n) is 1.61. The van der Waals surface area contributed by atoms with Crippen LogP contribution in [-0.4, -0.2) is 26.2 Å². The van der Waals surface area contributed by atoms with Crippen LogP contribution in [0, 0.1) is 6.92 Å². The summed E-state index contributed by atoms with van der Waals surface area (Å²) in [6.45, 7) is 2.99. The maximum absolute atomic E-state index is 8.78. The van der Waals surface area contributed by atoms with Gasteiger partial charge in [0, 0.05) is 19.3 Å². The van der Waals surface area contributed by atoms with Crippen LogP contribution < -0.4 is 0 Å². The van der Waals surface area contributed by atoms with Crippen molar-refractivity contribution < 1.29 is 5.11 Å². The van der Waals surface area contributed by atoms with Crippen molar-refractivity contribution in [2.75, 3.05) is 6.61 Å². The minimum Gasteiger partial charge on any atom is -0.396 e. The molecule has 2 aromatic rings. The zero-order chi connectivity index (χ0) is 9.97. The molecule has 0 aromatic carbocycles. The largest absolute Gasteiger partial charge is 0.396 e. The normalized spacial score (nSPS) is 11.0. The molecule has 0 spiro atoms. The van der Waals surface area contributed by atoms with Gasteiger partial charge < -0.3 is 9.67 Å². The Kier molecular flexibility index (Phi) is 2.45. The Morgan fingerprint density at radius 1 is 1.50 bits per heavy atom. The van der Waals surface area contributed by atoms with Gasteiger partial charge in [-0.1, -0.05) is 0 Å². The molecule has 14 heavy (non-hydrogen) atoms. The fourth-order valence-corrected chi connectivity index (χ4v) is 1.61. The van der Waals surface area contributed by atoms with E-state index in [0.717, 1.165) is 29.8 Å². The van der Waals surface area contributed by atoms with Gasteiger partial charge in [0.15, 0.2) is 0 Å². The highest BCUT2D eigenvalue weighted by molar-refractivity contribution is 5.74. The minimum absolute atomic E-state index is 0.212. The smallest absolute Gasteiger partial charge is 0.107 e. The number of nitrogens with zero attached hydrogens (tertiary/aromatic N) is 3. The number of hydrogen-bond acceptors (Lipinski definition) is 3. The molecule has 74 valence electrons. The zero-order valence-electron chi connectivity index (χ0n) is 8.14. The molecule has 0 saturated carbocycles. The van der Waals surface area contributed by atoms with E-state index in [0.29, 0.717) is 0 Å². The lowest BCUT2D eigenvalue weighted by atomic mass is 10.4. The Hall–Kier alpha value is -1.42. The van der Waals surface area contributed by atoms with E-state index in [1.165, 1.54) is 0 Å². The molecule has 2 heterocycles. The molecule has 2 aromatic heterocycles. The molecule has 0 saturated heterocycles. The molecule has 0 bridgehead atoms. The number of aromatic nitrogens is 3. The summed E-state index contributed by atoms with van der Waals surface area (Å²) in [5, 5.41) is 8.78. The van der Waals surface area contributed by atoms with Crippen molar-refractivity contribution in [2.45, 2.75) is 19.9 Å². The number of imidazole rings is 1. The number of hydrogen-bond donors (Lipinski definition) is 1. The van der Waals surface area contributed by atoms with Crippen LogP contribution >= 0.6 is 0 Å². The van der Waals surface area contributed by atoms with Gasteiger partial charge in [-0.2, -0.15) is 0 Å². The quantitative estimate of drug-likeness (QED) is 0.791. The average Bonchev–Trinajstić information content (AvgIpc) is 2.51. The summed E-state index contributed by atoms with van der Waals surface area (Å²) in [5.74, 6) is 0.974. The summed E-state index contributed by atoms with van der Waals surface area (Å²) < 4.78 is 2.10. The van der Waals surface area contributed by atoms with E-state index in [1.54, 1.807) is 12.4 Å². The van der Waals surface area contributed by atoms with Crippen LogP contribution in [0.5, 0.6) is 0 Å². The van der Waals surface area contributed by atoms with Crippen molar-refractivity contribution >= 4 is 11.0 Å². The molecular weight excluding hydrogens is 178 g/mol. The summed E-state index contributed by atoms with van der Waals surface area (Å²) >= 11 is 0. The van der Waals surface area contributed by atoms with E-state index in [-0.39, 0.29) is 6.61 Å². The molecule has 0 aliphatic rings. The highest BCUT2D eigenvalue weighted by atomic mass is 16.3. The monoisotopic (exact) mass is 191 g/mol. The van der Waals surface area contributed by atoms with E-state index in [1.807, 2.05) is 13.0 Å². The van der Waals surface area contributed by atoms with Crippen molar-refractivity contribution in [1.82, 2.24) is 14.5 Å². The third-order valence-corrected chi connectivity index (χ3v) is 2.28. The first-order valence-corrected chi connectivity index (χ1v) is 4.70. The highest BCUT2D eigenvalue weighted by Gasteiger charge is 2.05. The van der Waals surface area contributed by atoms with E-state index < -0.39 is 0 Å². The summed E-state index contributed by atoms with van der Waals surface area (Å²) in [5.41, 5.74) is 2.01. The topological polar surface area (TPSA) is 50.9 Å². The lowest BCUT2D eigenvalue weighted by Gasteiger charge is -2.04. The van der Waals surface area contributed by atoms with Gasteiger partial charge in [-0.05, 0) is 19.4 Å². The predicted molar refractivity (Wildman–Crippen MR) is 54.0 cm³/mol. The summed E-state index contributed by atoms with van der Waals surface area (Å²) in [4.78, 5) is 8.41. The third-order valence-electron chi connectivity index (χ3n) is 2.28. The Morgan fingerprint density at radius 3 is 3.14 bits per heavy atom. The summed E-state index contributed by atoms with van der Waals surface area (Å²) in [6, 6.07) is 1.95. The van der Waals surface area contributed by atoms with Crippen LogP contribution in [-0.2, 0) is 6.54 Å². The first-order valence-electron chi connectivity index (χ1n) is 4.70. The predicted octanol–water partition coefficient (Wildman–Crippen LogP) is 1.12. The van der Waals surface area contributed by atoms with Crippen LogP contribution in [0.3, 0.4) is 0 Å². The first kappa shape index (κ1) is 9.15. The van der Waals surface area contributed by atoms with Gasteiger partial charge in [0.25, 0.3) is 0 Å². The summed E-state index contributed by atoms with van der Waals surface area (Å²) in [6.07, 6.45) is 4.28. The van der Waals surface area contributed by atoms with Gasteiger partial charge in [0.1, 0.15) is 11.3 Å². The van der Waals surface area contributed by atoms with Gasteiger partial charge in [-0.3, -0.25) is 4.98 Å². The molecule has 0 aliphatic carbocycles.